The quantitative estimate of drug-likeness (QED) is 0.0800. The Kier molecular flexibility index (Phi) is 13.0. The standard InChI is InChI=1S/C29H34O7S2/c1-19(2)28(31)33-15-17-37-21(5)35-25-11-7-23(8-12-25)27(30)24-9-13-26(14-10-24)36-22(6)38-18-16-34-29(32)20(3)4/h7-14,21-22H,1,3,15-18H2,2,4-6H3. The zero-order chi connectivity index (χ0) is 28.1. The van der Waals surface area contributed by atoms with Gasteiger partial charge >= 0.3 is 11.9 Å². The van der Waals surface area contributed by atoms with Crippen LogP contribution in [-0.2, 0) is 19.1 Å². The summed E-state index contributed by atoms with van der Waals surface area (Å²) in [5.74, 6) is 1.58. The maximum atomic E-state index is 12.9. The number of carbonyl (C=O) groups is 3. The molecule has 2 unspecified atom stereocenters. The van der Waals surface area contributed by atoms with Crippen LogP contribution >= 0.6 is 23.5 Å². The van der Waals surface area contributed by atoms with Gasteiger partial charge in [-0.25, -0.2) is 9.59 Å². The summed E-state index contributed by atoms with van der Waals surface area (Å²) in [7, 11) is 0. The van der Waals surface area contributed by atoms with Crippen LogP contribution in [0.4, 0.5) is 0 Å². The fraction of sp³-hybridized carbons (Fsp3) is 0.345. The van der Waals surface area contributed by atoms with Gasteiger partial charge in [-0.05, 0) is 76.2 Å². The molecule has 0 bridgehead atoms. The van der Waals surface area contributed by atoms with Gasteiger partial charge in [-0.1, -0.05) is 13.2 Å². The van der Waals surface area contributed by atoms with E-state index in [4.69, 9.17) is 18.9 Å². The fourth-order valence-corrected chi connectivity index (χ4v) is 4.31. The summed E-state index contributed by atoms with van der Waals surface area (Å²) >= 11 is 3.03. The highest BCUT2D eigenvalue weighted by molar-refractivity contribution is 7.99. The first-order valence-corrected chi connectivity index (χ1v) is 14.1. The first-order valence-electron chi connectivity index (χ1n) is 12.0. The summed E-state index contributed by atoms with van der Waals surface area (Å²) in [5, 5.41) is 0. The Labute approximate surface area is 232 Å². The highest BCUT2D eigenvalue weighted by atomic mass is 32.2. The van der Waals surface area contributed by atoms with Gasteiger partial charge in [-0.2, -0.15) is 0 Å². The first kappa shape index (κ1) is 31.1. The predicted octanol–water partition coefficient (Wildman–Crippen LogP) is 6.07. The molecule has 2 atom stereocenters. The van der Waals surface area contributed by atoms with Crippen molar-refractivity contribution in [2.75, 3.05) is 24.7 Å². The van der Waals surface area contributed by atoms with Crippen LogP contribution in [0.15, 0.2) is 72.8 Å². The van der Waals surface area contributed by atoms with Crippen molar-refractivity contribution < 1.29 is 33.3 Å². The van der Waals surface area contributed by atoms with E-state index in [9.17, 15) is 14.4 Å². The van der Waals surface area contributed by atoms with Crippen molar-refractivity contribution in [3.05, 3.63) is 84.0 Å². The van der Waals surface area contributed by atoms with E-state index < -0.39 is 11.9 Å². The molecule has 38 heavy (non-hydrogen) atoms. The van der Waals surface area contributed by atoms with Crippen LogP contribution in [0.25, 0.3) is 0 Å². The highest BCUT2D eigenvalue weighted by Crippen LogP contribution is 2.23. The van der Waals surface area contributed by atoms with Crippen molar-refractivity contribution in [2.45, 2.75) is 38.6 Å². The van der Waals surface area contributed by atoms with Crippen molar-refractivity contribution in [2.24, 2.45) is 0 Å². The molecule has 0 aliphatic carbocycles. The number of benzene rings is 2. The van der Waals surface area contributed by atoms with Crippen LogP contribution < -0.4 is 9.47 Å². The molecular formula is C29H34O7S2. The van der Waals surface area contributed by atoms with E-state index in [2.05, 4.69) is 13.2 Å². The Morgan fingerprint density at radius 1 is 0.684 bits per heavy atom. The van der Waals surface area contributed by atoms with Gasteiger partial charge in [0.1, 0.15) is 35.6 Å². The van der Waals surface area contributed by atoms with Crippen molar-refractivity contribution in [1.29, 1.82) is 0 Å². The van der Waals surface area contributed by atoms with Crippen molar-refractivity contribution in [1.82, 2.24) is 0 Å². The lowest BCUT2D eigenvalue weighted by molar-refractivity contribution is -0.139. The number of thioether (sulfide) groups is 2. The molecule has 0 N–H and O–H groups in total. The van der Waals surface area contributed by atoms with Crippen LogP contribution in [0.1, 0.15) is 43.6 Å². The van der Waals surface area contributed by atoms with Crippen LogP contribution in [0.5, 0.6) is 11.5 Å². The molecule has 0 radical (unpaired) electrons. The molecule has 2 aromatic rings. The van der Waals surface area contributed by atoms with Gasteiger partial charge in [0.15, 0.2) is 5.78 Å². The largest absolute Gasteiger partial charge is 0.480 e. The molecule has 0 saturated carbocycles. The van der Waals surface area contributed by atoms with Gasteiger partial charge in [0, 0.05) is 33.8 Å². The monoisotopic (exact) mass is 558 g/mol. The number of esters is 2. The summed E-state index contributed by atoms with van der Waals surface area (Å²) in [5.41, 5.74) is 1.54. The smallest absolute Gasteiger partial charge is 0.333 e. The Hall–Kier alpha value is -3.17. The van der Waals surface area contributed by atoms with E-state index >= 15 is 0 Å². The fourth-order valence-electron chi connectivity index (χ4n) is 2.93. The average Bonchev–Trinajstić information content (AvgIpc) is 2.89. The third-order valence-electron chi connectivity index (χ3n) is 4.87. The van der Waals surface area contributed by atoms with Crippen molar-refractivity contribution in [3.63, 3.8) is 0 Å². The van der Waals surface area contributed by atoms with Gasteiger partial charge in [-0.3, -0.25) is 4.79 Å². The molecule has 0 aliphatic heterocycles. The van der Waals surface area contributed by atoms with E-state index in [1.165, 1.54) is 23.5 Å². The summed E-state index contributed by atoms with van der Waals surface area (Å²) < 4.78 is 21.9. The van der Waals surface area contributed by atoms with Crippen LogP contribution in [0.2, 0.25) is 0 Å². The van der Waals surface area contributed by atoms with Gasteiger partial charge < -0.3 is 18.9 Å². The van der Waals surface area contributed by atoms with E-state index in [-0.39, 0.29) is 29.9 Å². The van der Waals surface area contributed by atoms with E-state index in [1.807, 2.05) is 13.8 Å². The highest BCUT2D eigenvalue weighted by Gasteiger charge is 2.12. The second-order valence-electron chi connectivity index (χ2n) is 8.32. The Bertz CT molecular complexity index is 1020. The molecule has 204 valence electrons. The summed E-state index contributed by atoms with van der Waals surface area (Å²) in [4.78, 5) is 35.7. The van der Waals surface area contributed by atoms with Crippen LogP contribution in [0, 0.1) is 0 Å². The first-order chi connectivity index (χ1) is 18.1. The number of rotatable bonds is 16. The minimum Gasteiger partial charge on any atom is -0.480 e. The molecule has 0 heterocycles. The van der Waals surface area contributed by atoms with Gasteiger partial charge in [-0.15, -0.1) is 23.5 Å². The average molecular weight is 559 g/mol. The molecule has 0 aromatic heterocycles. The Morgan fingerprint density at radius 2 is 1.03 bits per heavy atom. The zero-order valence-corrected chi connectivity index (χ0v) is 23.8. The number of hydrogen-bond donors (Lipinski definition) is 0. The van der Waals surface area contributed by atoms with Gasteiger partial charge in [0.05, 0.1) is 0 Å². The number of ketones is 1. The van der Waals surface area contributed by atoms with E-state index in [0.29, 0.717) is 45.3 Å². The number of carbonyl (C=O) groups excluding carboxylic acids is 3. The topological polar surface area (TPSA) is 88.1 Å². The summed E-state index contributed by atoms with van der Waals surface area (Å²) in [6, 6.07) is 14.0. The summed E-state index contributed by atoms with van der Waals surface area (Å²) in [6.45, 7) is 14.7. The maximum absolute atomic E-state index is 12.9. The lowest BCUT2D eigenvalue weighted by atomic mass is 10.0. The Morgan fingerprint density at radius 3 is 1.34 bits per heavy atom. The van der Waals surface area contributed by atoms with Gasteiger partial charge in [0.2, 0.25) is 0 Å². The second-order valence-corrected chi connectivity index (χ2v) is 11.1. The maximum Gasteiger partial charge on any atom is 0.333 e. The lowest BCUT2D eigenvalue weighted by Gasteiger charge is -2.15. The molecule has 2 rings (SSSR count). The molecule has 0 aliphatic rings. The summed E-state index contributed by atoms with van der Waals surface area (Å²) in [6.07, 6.45) is 0. The molecule has 0 saturated heterocycles. The molecule has 9 heteroatoms. The van der Waals surface area contributed by atoms with Crippen molar-refractivity contribution in [3.8, 4) is 11.5 Å². The molecule has 0 spiro atoms. The van der Waals surface area contributed by atoms with Crippen molar-refractivity contribution >= 4 is 41.2 Å². The predicted molar refractivity (Wildman–Crippen MR) is 153 cm³/mol. The molecule has 0 fully saturated rings. The third kappa shape index (κ3) is 11.1. The third-order valence-corrected chi connectivity index (χ3v) is 6.81. The zero-order valence-electron chi connectivity index (χ0n) is 22.2. The lowest BCUT2D eigenvalue weighted by Crippen LogP contribution is -2.12. The van der Waals surface area contributed by atoms with E-state index in [0.717, 1.165) is 0 Å². The van der Waals surface area contributed by atoms with Crippen LogP contribution in [0.3, 0.4) is 0 Å². The van der Waals surface area contributed by atoms with E-state index in [1.54, 1.807) is 62.4 Å². The minimum absolute atomic E-state index is 0.105. The molecule has 7 nitrogen and oxygen atoms in total. The number of ether oxygens (including phenoxy) is 4. The molecular weight excluding hydrogens is 524 g/mol. The SMILES string of the molecule is C=C(C)C(=O)OCCSC(C)Oc1ccc(C(=O)c2ccc(OC(C)SCCOC(=O)C(=C)C)cc2)cc1. The minimum atomic E-state index is -0.397. The normalized spacial score (nSPS) is 12.1. The molecule has 2 aromatic carbocycles. The number of hydrogen-bond acceptors (Lipinski definition) is 9. The van der Waals surface area contributed by atoms with Crippen LogP contribution in [-0.4, -0.2) is 53.3 Å². The second kappa shape index (κ2) is 15.9. The Balaban J connectivity index is 1.78. The van der Waals surface area contributed by atoms with Gasteiger partial charge in [0.25, 0.3) is 0 Å². The molecule has 0 amide bonds.